The first kappa shape index (κ1) is 13.7. The summed E-state index contributed by atoms with van der Waals surface area (Å²) in [6.07, 6.45) is 0.111. The molecule has 3 rings (SSSR count). The molecular weight excluding hydrogens is 324 g/mol. The van der Waals surface area contributed by atoms with E-state index in [9.17, 15) is 5.11 Å². The molecule has 2 heterocycles. The highest BCUT2D eigenvalue weighted by molar-refractivity contribution is 9.10. The molecule has 1 fully saturated rings. The summed E-state index contributed by atoms with van der Waals surface area (Å²) in [5.74, 6) is 0.723. The topological polar surface area (TPSA) is 68.4 Å². The van der Waals surface area contributed by atoms with Gasteiger partial charge in [-0.2, -0.15) is 4.98 Å². The van der Waals surface area contributed by atoms with E-state index in [1.807, 2.05) is 25.1 Å². The Morgan fingerprint density at radius 1 is 1.40 bits per heavy atom. The van der Waals surface area contributed by atoms with E-state index in [0.717, 1.165) is 15.6 Å². The average Bonchev–Trinajstić information content (AvgIpc) is 2.92. The van der Waals surface area contributed by atoms with Crippen molar-refractivity contribution < 1.29 is 14.4 Å². The summed E-state index contributed by atoms with van der Waals surface area (Å²) in [5.41, 5.74) is 2.03. The van der Waals surface area contributed by atoms with Gasteiger partial charge in [-0.15, -0.1) is 0 Å². The van der Waals surface area contributed by atoms with Gasteiger partial charge in [0, 0.05) is 16.6 Å². The lowest BCUT2D eigenvalue weighted by atomic mass is 9.99. The van der Waals surface area contributed by atoms with Crippen LogP contribution in [0.2, 0.25) is 0 Å². The molecule has 0 saturated carbocycles. The average molecular weight is 339 g/mol. The van der Waals surface area contributed by atoms with Crippen LogP contribution in [-0.4, -0.2) is 34.6 Å². The zero-order valence-electron chi connectivity index (χ0n) is 11.0. The highest BCUT2D eigenvalue weighted by Crippen LogP contribution is 2.28. The predicted molar refractivity (Wildman–Crippen MR) is 76.4 cm³/mol. The van der Waals surface area contributed by atoms with E-state index in [0.29, 0.717) is 31.3 Å². The van der Waals surface area contributed by atoms with Gasteiger partial charge in [0.1, 0.15) is 0 Å². The van der Waals surface area contributed by atoms with E-state index in [-0.39, 0.29) is 5.92 Å². The van der Waals surface area contributed by atoms with E-state index < -0.39 is 6.10 Å². The van der Waals surface area contributed by atoms with Gasteiger partial charge in [0.2, 0.25) is 11.7 Å². The van der Waals surface area contributed by atoms with Crippen LogP contribution in [0.15, 0.2) is 27.2 Å². The van der Waals surface area contributed by atoms with Crippen molar-refractivity contribution in [2.45, 2.75) is 25.4 Å². The number of hydrogen-bond donors (Lipinski definition) is 1. The number of aliphatic hydroxyl groups is 1. The number of nitrogens with zero attached hydrogens (tertiary/aromatic N) is 2. The number of aliphatic hydroxyl groups excluding tert-OH is 1. The van der Waals surface area contributed by atoms with Crippen LogP contribution in [0.3, 0.4) is 0 Å². The molecule has 5 nitrogen and oxygen atoms in total. The normalized spacial score (nSPS) is 22.9. The van der Waals surface area contributed by atoms with Gasteiger partial charge in [0.15, 0.2) is 0 Å². The fourth-order valence-electron chi connectivity index (χ4n) is 2.20. The molecule has 0 spiro atoms. The Kier molecular flexibility index (Phi) is 3.87. The van der Waals surface area contributed by atoms with Crippen molar-refractivity contribution in [3.8, 4) is 11.4 Å². The summed E-state index contributed by atoms with van der Waals surface area (Å²) in [6.45, 7) is 3.01. The van der Waals surface area contributed by atoms with Gasteiger partial charge in [0.05, 0.1) is 18.6 Å². The maximum atomic E-state index is 9.97. The summed E-state index contributed by atoms with van der Waals surface area (Å²) >= 11 is 3.49. The Hall–Kier alpha value is -1.24. The summed E-state index contributed by atoms with van der Waals surface area (Å²) in [7, 11) is 0. The van der Waals surface area contributed by atoms with E-state index in [1.54, 1.807) is 0 Å². The smallest absolute Gasteiger partial charge is 0.235 e. The third-order valence-electron chi connectivity index (χ3n) is 3.51. The number of ether oxygens (including phenoxy) is 1. The maximum absolute atomic E-state index is 9.97. The van der Waals surface area contributed by atoms with Crippen molar-refractivity contribution >= 4 is 15.9 Å². The molecule has 6 heteroatoms. The molecule has 1 N–H and O–H groups in total. The van der Waals surface area contributed by atoms with Crippen LogP contribution >= 0.6 is 15.9 Å². The van der Waals surface area contributed by atoms with E-state index in [4.69, 9.17) is 9.26 Å². The lowest BCUT2D eigenvalue weighted by Crippen LogP contribution is -2.30. The van der Waals surface area contributed by atoms with Crippen LogP contribution in [0.4, 0.5) is 0 Å². The third kappa shape index (κ3) is 2.63. The van der Waals surface area contributed by atoms with E-state index >= 15 is 0 Å². The first-order valence-electron chi connectivity index (χ1n) is 6.51. The number of aryl methyl sites for hydroxylation is 1. The molecule has 106 valence electrons. The molecular formula is C14H15BrN2O3. The number of hydrogen-bond acceptors (Lipinski definition) is 5. The highest BCUT2D eigenvalue weighted by Gasteiger charge is 2.30. The van der Waals surface area contributed by atoms with Gasteiger partial charge in [0.25, 0.3) is 0 Å². The monoisotopic (exact) mass is 338 g/mol. The van der Waals surface area contributed by atoms with Gasteiger partial charge in [-0.05, 0) is 25.0 Å². The number of rotatable bonds is 2. The molecule has 2 unspecified atom stereocenters. The Labute approximate surface area is 125 Å². The number of aromatic nitrogens is 2. The molecule has 0 bridgehead atoms. The minimum Gasteiger partial charge on any atom is -0.392 e. The fraction of sp³-hybridized carbons (Fsp3) is 0.429. The Balaban J connectivity index is 1.87. The van der Waals surface area contributed by atoms with Crippen molar-refractivity contribution in [3.05, 3.63) is 34.1 Å². The predicted octanol–water partition coefficient (Wildman–Crippen LogP) is 2.67. The second-order valence-electron chi connectivity index (χ2n) is 4.96. The summed E-state index contributed by atoms with van der Waals surface area (Å²) < 4.78 is 11.6. The van der Waals surface area contributed by atoms with Crippen molar-refractivity contribution in [2.24, 2.45) is 0 Å². The number of benzene rings is 1. The molecule has 1 saturated heterocycles. The molecule has 2 atom stereocenters. The fourth-order valence-corrected chi connectivity index (χ4v) is 2.58. The van der Waals surface area contributed by atoms with Gasteiger partial charge in [-0.25, -0.2) is 0 Å². The van der Waals surface area contributed by atoms with Gasteiger partial charge >= 0.3 is 0 Å². The molecule has 20 heavy (non-hydrogen) atoms. The van der Waals surface area contributed by atoms with Gasteiger partial charge in [-0.1, -0.05) is 33.2 Å². The highest BCUT2D eigenvalue weighted by atomic mass is 79.9. The maximum Gasteiger partial charge on any atom is 0.235 e. The second kappa shape index (κ2) is 5.63. The standard InChI is InChI=1S/C14H15BrN2O3/c1-8-2-3-9(6-11(8)15)13-16-14(20-17-13)10-7-19-5-4-12(10)18/h2-3,6,10,12,18H,4-5,7H2,1H3. The molecule has 2 aromatic rings. The van der Waals surface area contributed by atoms with Crippen molar-refractivity contribution in [2.75, 3.05) is 13.2 Å². The van der Waals surface area contributed by atoms with Gasteiger partial charge in [-0.3, -0.25) is 0 Å². The molecule has 1 aromatic carbocycles. The summed E-state index contributed by atoms with van der Waals surface area (Å²) in [4.78, 5) is 4.39. The Bertz CT molecular complexity index is 614. The number of halogens is 1. The minimum absolute atomic E-state index is 0.237. The first-order chi connectivity index (χ1) is 9.65. The lowest BCUT2D eigenvalue weighted by Gasteiger charge is -2.24. The van der Waals surface area contributed by atoms with Crippen LogP contribution in [0.25, 0.3) is 11.4 Å². The van der Waals surface area contributed by atoms with Gasteiger partial charge < -0.3 is 14.4 Å². The van der Waals surface area contributed by atoms with Crippen molar-refractivity contribution in [1.82, 2.24) is 10.1 Å². The Morgan fingerprint density at radius 2 is 2.25 bits per heavy atom. The van der Waals surface area contributed by atoms with E-state index in [1.165, 1.54) is 0 Å². The minimum atomic E-state index is -0.484. The summed E-state index contributed by atoms with van der Waals surface area (Å²) in [5, 5.41) is 14.0. The lowest BCUT2D eigenvalue weighted by molar-refractivity contribution is -0.0149. The largest absolute Gasteiger partial charge is 0.392 e. The zero-order valence-corrected chi connectivity index (χ0v) is 12.6. The van der Waals surface area contributed by atoms with Crippen LogP contribution in [0.5, 0.6) is 0 Å². The molecule has 0 amide bonds. The molecule has 1 aliphatic heterocycles. The zero-order chi connectivity index (χ0) is 14.1. The van der Waals surface area contributed by atoms with Crippen LogP contribution in [-0.2, 0) is 4.74 Å². The van der Waals surface area contributed by atoms with Crippen LogP contribution in [0.1, 0.15) is 23.8 Å². The second-order valence-corrected chi connectivity index (χ2v) is 5.81. The van der Waals surface area contributed by atoms with E-state index in [2.05, 4.69) is 26.1 Å². The van der Waals surface area contributed by atoms with Crippen LogP contribution in [0, 0.1) is 6.92 Å². The van der Waals surface area contributed by atoms with Crippen LogP contribution < -0.4 is 0 Å². The summed E-state index contributed by atoms with van der Waals surface area (Å²) in [6, 6.07) is 5.90. The molecule has 0 radical (unpaired) electrons. The quantitative estimate of drug-likeness (QED) is 0.911. The molecule has 1 aliphatic rings. The molecule has 1 aromatic heterocycles. The first-order valence-corrected chi connectivity index (χ1v) is 7.30. The Morgan fingerprint density at radius 3 is 3.00 bits per heavy atom. The SMILES string of the molecule is Cc1ccc(-c2noc(C3COCCC3O)n2)cc1Br. The van der Waals surface area contributed by atoms with Crippen molar-refractivity contribution in [1.29, 1.82) is 0 Å². The molecule has 0 aliphatic carbocycles. The van der Waals surface area contributed by atoms with Crippen molar-refractivity contribution in [3.63, 3.8) is 0 Å². The third-order valence-corrected chi connectivity index (χ3v) is 4.36.